The number of alkyl halides is 3. The first-order valence-electron chi connectivity index (χ1n) is 8.16. The first kappa shape index (κ1) is 18.8. The number of likely N-dealkylation sites (tertiary alicyclic amines) is 1. The molecule has 2 aliphatic rings. The second-order valence-electron chi connectivity index (χ2n) is 7.68. The van der Waals surface area contributed by atoms with E-state index in [4.69, 9.17) is 5.11 Å². The molecule has 24 heavy (non-hydrogen) atoms. The van der Waals surface area contributed by atoms with Crippen molar-refractivity contribution in [1.29, 1.82) is 0 Å². The molecule has 2 rings (SSSR count). The SMILES string of the molecule is CC(C)(C)C1(CN2CCCC2)C=CC(NC(=O)O)=CC1C(F)(F)F. The highest BCUT2D eigenvalue weighted by molar-refractivity contribution is 5.68. The van der Waals surface area contributed by atoms with Crippen molar-refractivity contribution < 1.29 is 23.1 Å². The third kappa shape index (κ3) is 3.77. The van der Waals surface area contributed by atoms with Crippen LogP contribution in [0.3, 0.4) is 0 Å². The lowest BCUT2D eigenvalue weighted by Crippen LogP contribution is -2.54. The molecule has 2 atom stereocenters. The second-order valence-corrected chi connectivity index (χ2v) is 7.68. The summed E-state index contributed by atoms with van der Waals surface area (Å²) < 4.78 is 41.6. The van der Waals surface area contributed by atoms with Gasteiger partial charge in [0.15, 0.2) is 0 Å². The minimum atomic E-state index is -4.46. The van der Waals surface area contributed by atoms with E-state index in [1.54, 1.807) is 6.08 Å². The van der Waals surface area contributed by atoms with Crippen LogP contribution in [0.2, 0.25) is 0 Å². The lowest BCUT2D eigenvalue weighted by Gasteiger charge is -2.51. The predicted octanol–water partition coefficient (Wildman–Crippen LogP) is 4.01. The molecule has 0 bridgehead atoms. The van der Waals surface area contributed by atoms with Gasteiger partial charge in [0.05, 0.1) is 5.92 Å². The summed E-state index contributed by atoms with van der Waals surface area (Å²) in [6.07, 6.45) is 0.241. The molecule has 0 radical (unpaired) electrons. The fourth-order valence-corrected chi connectivity index (χ4v) is 3.73. The van der Waals surface area contributed by atoms with Crippen molar-refractivity contribution in [2.75, 3.05) is 19.6 Å². The molecule has 0 aromatic heterocycles. The van der Waals surface area contributed by atoms with E-state index in [9.17, 15) is 18.0 Å². The number of hydrogen-bond acceptors (Lipinski definition) is 2. The number of nitrogens with one attached hydrogen (secondary N) is 1. The maximum atomic E-state index is 13.9. The van der Waals surface area contributed by atoms with E-state index < -0.39 is 29.0 Å². The molecule has 1 amide bonds. The van der Waals surface area contributed by atoms with Crippen LogP contribution in [-0.2, 0) is 0 Å². The van der Waals surface area contributed by atoms with Crippen LogP contribution >= 0.6 is 0 Å². The van der Waals surface area contributed by atoms with Crippen molar-refractivity contribution in [2.24, 2.45) is 16.7 Å². The van der Waals surface area contributed by atoms with Crippen molar-refractivity contribution in [3.05, 3.63) is 23.9 Å². The van der Waals surface area contributed by atoms with E-state index in [1.807, 2.05) is 26.1 Å². The number of allylic oxidation sites excluding steroid dienone is 2. The molecule has 1 aliphatic carbocycles. The lowest BCUT2D eigenvalue weighted by molar-refractivity contribution is -0.202. The highest BCUT2D eigenvalue weighted by Gasteiger charge is 2.57. The standard InChI is InChI=1S/C17H25F3N2O2/c1-15(2,3)16(11-22-8-4-5-9-22)7-6-12(21-14(23)24)10-13(16)17(18,19)20/h6-7,10,13,21H,4-5,8-9,11H2,1-3H3,(H,23,24). The summed E-state index contributed by atoms with van der Waals surface area (Å²) in [5.41, 5.74) is -1.80. The van der Waals surface area contributed by atoms with Gasteiger partial charge in [-0.15, -0.1) is 0 Å². The number of carbonyl (C=O) groups is 1. The molecule has 1 heterocycles. The first-order chi connectivity index (χ1) is 11.0. The number of hydrogen-bond donors (Lipinski definition) is 2. The number of halogens is 3. The summed E-state index contributed by atoms with van der Waals surface area (Å²) in [6, 6.07) is 0. The molecule has 0 saturated carbocycles. The Labute approximate surface area is 140 Å². The summed E-state index contributed by atoms with van der Waals surface area (Å²) in [6.45, 7) is 7.37. The Balaban J connectivity index is 2.45. The Bertz CT molecular complexity index is 543. The van der Waals surface area contributed by atoms with Gasteiger partial charge in [0, 0.05) is 17.7 Å². The molecule has 7 heteroatoms. The highest BCUT2D eigenvalue weighted by atomic mass is 19.4. The van der Waals surface area contributed by atoms with Gasteiger partial charge in [0.1, 0.15) is 0 Å². The largest absolute Gasteiger partial charge is 0.465 e. The average Bonchev–Trinajstić information content (AvgIpc) is 2.90. The molecular formula is C17H25F3N2O2. The van der Waals surface area contributed by atoms with E-state index in [-0.39, 0.29) is 5.70 Å². The zero-order valence-electron chi connectivity index (χ0n) is 14.3. The predicted molar refractivity (Wildman–Crippen MR) is 85.5 cm³/mol. The Morgan fingerprint density at radius 1 is 1.33 bits per heavy atom. The van der Waals surface area contributed by atoms with E-state index in [1.165, 1.54) is 6.08 Å². The van der Waals surface area contributed by atoms with Gasteiger partial charge in [-0.05, 0) is 43.5 Å². The van der Waals surface area contributed by atoms with Crippen LogP contribution in [-0.4, -0.2) is 41.9 Å². The topological polar surface area (TPSA) is 52.6 Å². The molecule has 1 saturated heterocycles. The fourth-order valence-electron chi connectivity index (χ4n) is 3.73. The van der Waals surface area contributed by atoms with Gasteiger partial charge >= 0.3 is 12.3 Å². The number of nitrogens with zero attached hydrogens (tertiary/aromatic N) is 1. The van der Waals surface area contributed by atoms with Gasteiger partial charge in [-0.2, -0.15) is 13.2 Å². The van der Waals surface area contributed by atoms with Gasteiger partial charge in [-0.3, -0.25) is 5.32 Å². The fraction of sp³-hybridized carbons (Fsp3) is 0.706. The summed E-state index contributed by atoms with van der Waals surface area (Å²) in [4.78, 5) is 12.9. The van der Waals surface area contributed by atoms with Gasteiger partial charge in [0.25, 0.3) is 0 Å². The lowest BCUT2D eigenvalue weighted by atomic mass is 9.57. The Morgan fingerprint density at radius 3 is 2.38 bits per heavy atom. The van der Waals surface area contributed by atoms with Crippen LogP contribution in [0.15, 0.2) is 23.9 Å². The first-order valence-corrected chi connectivity index (χ1v) is 8.16. The highest BCUT2D eigenvalue weighted by Crippen LogP contribution is 2.55. The van der Waals surface area contributed by atoms with Crippen LogP contribution in [0.5, 0.6) is 0 Å². The van der Waals surface area contributed by atoms with Crippen molar-refractivity contribution in [3.8, 4) is 0 Å². The zero-order chi connectivity index (χ0) is 18.2. The summed E-state index contributed by atoms with van der Waals surface area (Å²) in [5, 5.41) is 10.8. The van der Waals surface area contributed by atoms with Crippen molar-refractivity contribution in [3.63, 3.8) is 0 Å². The molecule has 2 N–H and O–H groups in total. The van der Waals surface area contributed by atoms with Crippen molar-refractivity contribution in [2.45, 2.75) is 39.8 Å². The van der Waals surface area contributed by atoms with E-state index >= 15 is 0 Å². The minimum absolute atomic E-state index is 0.0221. The van der Waals surface area contributed by atoms with Crippen LogP contribution in [0.4, 0.5) is 18.0 Å². The van der Waals surface area contributed by atoms with Gasteiger partial charge < -0.3 is 10.0 Å². The van der Waals surface area contributed by atoms with Gasteiger partial charge in [0.2, 0.25) is 0 Å². The van der Waals surface area contributed by atoms with E-state index in [0.717, 1.165) is 32.0 Å². The average molecular weight is 346 g/mol. The zero-order valence-corrected chi connectivity index (χ0v) is 14.3. The Hall–Kier alpha value is -1.50. The molecule has 1 fully saturated rings. The van der Waals surface area contributed by atoms with Crippen molar-refractivity contribution in [1.82, 2.24) is 10.2 Å². The second kappa shape index (κ2) is 6.43. The summed E-state index contributed by atoms with van der Waals surface area (Å²) in [7, 11) is 0. The summed E-state index contributed by atoms with van der Waals surface area (Å²) in [5.74, 6) is -1.74. The molecule has 1 aliphatic heterocycles. The van der Waals surface area contributed by atoms with Gasteiger partial charge in [-0.1, -0.05) is 26.8 Å². The molecule has 4 nitrogen and oxygen atoms in total. The number of carboxylic acid groups (broad SMARTS) is 1. The molecule has 0 aromatic rings. The molecule has 2 unspecified atom stereocenters. The quantitative estimate of drug-likeness (QED) is 0.812. The molecule has 0 aromatic carbocycles. The van der Waals surface area contributed by atoms with Gasteiger partial charge in [-0.25, -0.2) is 4.79 Å². The number of rotatable bonds is 3. The monoisotopic (exact) mass is 346 g/mol. The molecule has 136 valence electrons. The third-order valence-electron chi connectivity index (χ3n) is 5.15. The van der Waals surface area contributed by atoms with Crippen LogP contribution in [0.1, 0.15) is 33.6 Å². The van der Waals surface area contributed by atoms with Crippen LogP contribution in [0.25, 0.3) is 0 Å². The normalized spacial score (nSPS) is 28.8. The van der Waals surface area contributed by atoms with Crippen molar-refractivity contribution >= 4 is 6.09 Å². The maximum absolute atomic E-state index is 13.9. The number of amides is 1. The van der Waals surface area contributed by atoms with E-state index in [2.05, 4.69) is 4.90 Å². The smallest absolute Gasteiger partial charge is 0.409 e. The molecule has 0 spiro atoms. The van der Waals surface area contributed by atoms with E-state index in [0.29, 0.717) is 6.54 Å². The summed E-state index contributed by atoms with van der Waals surface area (Å²) >= 11 is 0. The molecular weight excluding hydrogens is 321 g/mol. The minimum Gasteiger partial charge on any atom is -0.465 e. The Morgan fingerprint density at radius 2 is 1.92 bits per heavy atom. The maximum Gasteiger partial charge on any atom is 0.409 e. The third-order valence-corrected chi connectivity index (χ3v) is 5.15. The van der Waals surface area contributed by atoms with Crippen LogP contribution in [0, 0.1) is 16.7 Å². The Kier molecular flexibility index (Phi) is 5.04. The van der Waals surface area contributed by atoms with Crippen LogP contribution < -0.4 is 5.32 Å².